The van der Waals surface area contributed by atoms with Gasteiger partial charge < -0.3 is 5.11 Å². The molecule has 0 radical (unpaired) electrons. The van der Waals surface area contributed by atoms with Crippen LogP contribution in [-0.4, -0.2) is 19.7 Å². The third kappa shape index (κ3) is 1.35. The lowest BCUT2D eigenvalue weighted by atomic mass is 10.2. The molecule has 2 heterocycles. The Morgan fingerprint density at radius 3 is 2.85 bits per heavy atom. The zero-order valence-corrected chi connectivity index (χ0v) is 7.60. The molecule has 4 heteroatoms. The smallest absolute Gasteiger partial charge is 0.155 e. The van der Waals surface area contributed by atoms with Crippen LogP contribution in [0, 0.1) is 0 Å². The maximum absolute atomic E-state index is 9.19. The van der Waals surface area contributed by atoms with Crippen LogP contribution in [-0.2, 0) is 0 Å². The van der Waals surface area contributed by atoms with Crippen molar-refractivity contribution in [1.82, 2.24) is 14.6 Å². The number of hydrogen-bond acceptors (Lipinski definition) is 3. The van der Waals surface area contributed by atoms with Gasteiger partial charge in [-0.1, -0.05) is 13.8 Å². The van der Waals surface area contributed by atoms with E-state index in [1.165, 1.54) is 0 Å². The molecule has 0 atom stereocenters. The summed E-state index contributed by atoms with van der Waals surface area (Å²) in [5, 5.41) is 13.4. The van der Waals surface area contributed by atoms with E-state index in [0.717, 1.165) is 11.5 Å². The second kappa shape index (κ2) is 2.73. The van der Waals surface area contributed by atoms with Crippen molar-refractivity contribution in [3.8, 4) is 5.75 Å². The summed E-state index contributed by atoms with van der Waals surface area (Å²) in [6, 6.07) is 3.35. The number of hydrogen-bond donors (Lipinski definition) is 1. The first-order chi connectivity index (χ1) is 6.16. The largest absolute Gasteiger partial charge is 0.506 e. The van der Waals surface area contributed by atoms with E-state index in [4.69, 9.17) is 0 Å². The summed E-state index contributed by atoms with van der Waals surface area (Å²) in [6.45, 7) is 4.07. The van der Waals surface area contributed by atoms with E-state index in [-0.39, 0.29) is 5.75 Å². The molecular weight excluding hydrogens is 166 g/mol. The molecule has 2 aromatic rings. The highest BCUT2D eigenvalue weighted by Gasteiger charge is 2.06. The zero-order valence-electron chi connectivity index (χ0n) is 7.60. The van der Waals surface area contributed by atoms with E-state index < -0.39 is 0 Å². The molecule has 4 nitrogen and oxygen atoms in total. The summed E-state index contributed by atoms with van der Waals surface area (Å²) < 4.78 is 1.59. The molecule has 0 amide bonds. The molecular formula is C9H11N3O. The van der Waals surface area contributed by atoms with E-state index in [1.54, 1.807) is 22.8 Å². The number of nitrogens with zero attached hydrogens (tertiary/aromatic N) is 3. The van der Waals surface area contributed by atoms with E-state index >= 15 is 0 Å². The second-order valence-corrected chi connectivity index (χ2v) is 3.31. The van der Waals surface area contributed by atoms with Crippen LogP contribution in [0.15, 0.2) is 18.3 Å². The van der Waals surface area contributed by atoms with E-state index in [9.17, 15) is 5.11 Å². The van der Waals surface area contributed by atoms with Crippen LogP contribution in [0.2, 0.25) is 0 Å². The van der Waals surface area contributed by atoms with Crippen molar-refractivity contribution < 1.29 is 5.11 Å². The van der Waals surface area contributed by atoms with Crippen LogP contribution in [0.1, 0.15) is 25.6 Å². The molecule has 13 heavy (non-hydrogen) atoms. The highest BCUT2D eigenvalue weighted by atomic mass is 16.3. The summed E-state index contributed by atoms with van der Waals surface area (Å²) >= 11 is 0. The predicted molar refractivity (Wildman–Crippen MR) is 48.7 cm³/mol. The van der Waals surface area contributed by atoms with Crippen LogP contribution < -0.4 is 0 Å². The van der Waals surface area contributed by atoms with Gasteiger partial charge in [0.15, 0.2) is 11.5 Å². The Bertz CT molecular complexity index is 433. The summed E-state index contributed by atoms with van der Waals surface area (Å²) in [4.78, 5) is 4.29. The van der Waals surface area contributed by atoms with Gasteiger partial charge >= 0.3 is 0 Å². The molecule has 0 aliphatic heterocycles. The Kier molecular flexibility index (Phi) is 1.69. The topological polar surface area (TPSA) is 50.4 Å². The molecule has 0 bridgehead atoms. The fourth-order valence-electron chi connectivity index (χ4n) is 1.13. The zero-order chi connectivity index (χ0) is 9.42. The molecule has 0 unspecified atom stereocenters. The molecule has 0 aliphatic rings. The number of fused-ring (bicyclic) bond motifs is 1. The summed E-state index contributed by atoms with van der Waals surface area (Å²) in [7, 11) is 0. The van der Waals surface area contributed by atoms with Gasteiger partial charge in [0, 0.05) is 5.92 Å². The van der Waals surface area contributed by atoms with Gasteiger partial charge in [-0.2, -0.15) is 5.10 Å². The van der Waals surface area contributed by atoms with Crippen molar-refractivity contribution in [1.29, 1.82) is 0 Å². The van der Waals surface area contributed by atoms with Crippen molar-refractivity contribution >= 4 is 5.65 Å². The van der Waals surface area contributed by atoms with Crippen LogP contribution >= 0.6 is 0 Å². The predicted octanol–water partition coefficient (Wildman–Crippen LogP) is 1.56. The molecule has 68 valence electrons. The molecule has 0 saturated carbocycles. The number of rotatable bonds is 1. The monoisotopic (exact) mass is 177 g/mol. The van der Waals surface area contributed by atoms with Gasteiger partial charge in [0.05, 0.1) is 6.20 Å². The summed E-state index contributed by atoms with van der Waals surface area (Å²) in [5.41, 5.74) is 0.765. The van der Waals surface area contributed by atoms with Gasteiger partial charge in [0.25, 0.3) is 0 Å². The lowest BCUT2D eigenvalue weighted by Crippen LogP contribution is -1.91. The lowest BCUT2D eigenvalue weighted by Gasteiger charge is -1.93. The van der Waals surface area contributed by atoms with Gasteiger partial charge in [-0.15, -0.1) is 0 Å². The molecule has 0 aromatic carbocycles. The minimum absolute atomic E-state index is 0.202. The van der Waals surface area contributed by atoms with Gasteiger partial charge in [0.1, 0.15) is 5.75 Å². The molecule has 0 aliphatic carbocycles. The lowest BCUT2D eigenvalue weighted by molar-refractivity contribution is 0.470. The highest BCUT2D eigenvalue weighted by Crippen LogP contribution is 2.13. The fraction of sp³-hybridized carbons (Fsp3) is 0.333. The van der Waals surface area contributed by atoms with Crippen molar-refractivity contribution in [2.24, 2.45) is 0 Å². The van der Waals surface area contributed by atoms with Crippen molar-refractivity contribution in [2.75, 3.05) is 0 Å². The standard InChI is InChI=1S/C9H11N3O/c1-6(2)9-10-8-4-3-7(13)5-12(8)11-9/h3-6,13H,1-2H3. The van der Waals surface area contributed by atoms with Gasteiger partial charge in [-0.3, -0.25) is 0 Å². The number of aromatic nitrogens is 3. The summed E-state index contributed by atoms with van der Waals surface area (Å²) in [6.07, 6.45) is 1.55. The van der Waals surface area contributed by atoms with Crippen LogP contribution in [0.25, 0.3) is 5.65 Å². The summed E-state index contributed by atoms with van der Waals surface area (Å²) in [5.74, 6) is 1.31. The molecule has 0 spiro atoms. The first-order valence-electron chi connectivity index (χ1n) is 4.22. The quantitative estimate of drug-likeness (QED) is 0.719. The minimum Gasteiger partial charge on any atom is -0.506 e. The minimum atomic E-state index is 0.202. The van der Waals surface area contributed by atoms with Crippen molar-refractivity contribution in [3.05, 3.63) is 24.2 Å². The normalized spacial score (nSPS) is 11.3. The molecule has 0 saturated heterocycles. The average Bonchev–Trinajstić information content (AvgIpc) is 2.46. The first-order valence-corrected chi connectivity index (χ1v) is 4.22. The van der Waals surface area contributed by atoms with Crippen LogP contribution in [0.4, 0.5) is 0 Å². The Morgan fingerprint density at radius 1 is 1.38 bits per heavy atom. The average molecular weight is 177 g/mol. The van der Waals surface area contributed by atoms with Gasteiger partial charge in [0.2, 0.25) is 0 Å². The molecule has 1 N–H and O–H groups in total. The Labute approximate surface area is 75.8 Å². The maximum atomic E-state index is 9.19. The first kappa shape index (κ1) is 8.04. The van der Waals surface area contributed by atoms with E-state index in [1.807, 2.05) is 13.8 Å². The molecule has 0 fully saturated rings. The Hall–Kier alpha value is -1.58. The third-order valence-electron chi connectivity index (χ3n) is 1.85. The highest BCUT2D eigenvalue weighted by molar-refractivity contribution is 5.40. The van der Waals surface area contributed by atoms with E-state index in [2.05, 4.69) is 10.1 Å². The second-order valence-electron chi connectivity index (χ2n) is 3.31. The van der Waals surface area contributed by atoms with Crippen molar-refractivity contribution in [2.45, 2.75) is 19.8 Å². The maximum Gasteiger partial charge on any atom is 0.155 e. The van der Waals surface area contributed by atoms with Gasteiger partial charge in [-0.25, -0.2) is 9.50 Å². The fourth-order valence-corrected chi connectivity index (χ4v) is 1.13. The third-order valence-corrected chi connectivity index (χ3v) is 1.85. The number of pyridine rings is 1. The Balaban J connectivity index is 2.62. The Morgan fingerprint density at radius 2 is 2.15 bits per heavy atom. The SMILES string of the molecule is CC(C)c1nc2ccc(O)cn2n1. The van der Waals surface area contributed by atoms with Crippen LogP contribution in [0.5, 0.6) is 5.75 Å². The van der Waals surface area contributed by atoms with Gasteiger partial charge in [-0.05, 0) is 12.1 Å². The molecule has 2 aromatic heterocycles. The number of aromatic hydroxyl groups is 1. The van der Waals surface area contributed by atoms with Crippen LogP contribution in [0.3, 0.4) is 0 Å². The van der Waals surface area contributed by atoms with Crippen molar-refractivity contribution in [3.63, 3.8) is 0 Å². The molecule has 2 rings (SSSR count). The van der Waals surface area contributed by atoms with E-state index in [0.29, 0.717) is 5.92 Å².